The fraction of sp³-hybridized carbons (Fsp3) is 0.619. The van der Waals surface area contributed by atoms with E-state index in [4.69, 9.17) is 9.47 Å². The Balaban J connectivity index is 1.88. The van der Waals surface area contributed by atoms with Gasteiger partial charge in [0, 0.05) is 25.4 Å². The maximum Gasteiger partial charge on any atom is 0.410 e. The SMILES string of the molecule is CC(O)C1C(=O)c2ccccc2O[C@@]12CCN(C(=O)OC(C)(C)C)[C@@H](C)C2. The first-order valence-corrected chi connectivity index (χ1v) is 9.54. The predicted octanol–water partition coefficient (Wildman–Crippen LogP) is 3.42. The Hall–Kier alpha value is -2.08. The van der Waals surface area contributed by atoms with E-state index in [1.165, 1.54) is 0 Å². The molecule has 3 rings (SSSR count). The molecule has 2 aliphatic rings. The summed E-state index contributed by atoms with van der Waals surface area (Å²) in [5.74, 6) is -0.197. The second-order valence-corrected chi connectivity index (χ2v) is 8.72. The molecule has 2 unspecified atom stereocenters. The fourth-order valence-electron chi connectivity index (χ4n) is 4.32. The van der Waals surface area contributed by atoms with Crippen LogP contribution in [0.5, 0.6) is 5.75 Å². The number of piperidine rings is 1. The zero-order chi connectivity index (χ0) is 20.0. The monoisotopic (exact) mass is 375 g/mol. The van der Waals surface area contributed by atoms with Crippen LogP contribution in [0.3, 0.4) is 0 Å². The van der Waals surface area contributed by atoms with Crippen LogP contribution in [0.2, 0.25) is 0 Å². The summed E-state index contributed by atoms with van der Waals surface area (Å²) in [7, 11) is 0. The van der Waals surface area contributed by atoms with Gasteiger partial charge in [0.25, 0.3) is 0 Å². The van der Waals surface area contributed by atoms with Crippen LogP contribution in [0.25, 0.3) is 0 Å². The maximum atomic E-state index is 13.1. The molecule has 1 fully saturated rings. The van der Waals surface area contributed by atoms with Gasteiger partial charge in [-0.15, -0.1) is 0 Å². The molecule has 27 heavy (non-hydrogen) atoms. The van der Waals surface area contributed by atoms with E-state index in [1.54, 1.807) is 30.0 Å². The summed E-state index contributed by atoms with van der Waals surface area (Å²) < 4.78 is 11.8. The van der Waals surface area contributed by atoms with Gasteiger partial charge in [0.2, 0.25) is 0 Å². The van der Waals surface area contributed by atoms with E-state index < -0.39 is 23.2 Å². The third-order valence-corrected chi connectivity index (χ3v) is 5.37. The predicted molar refractivity (Wildman–Crippen MR) is 101 cm³/mol. The average Bonchev–Trinajstić information content (AvgIpc) is 2.52. The molecule has 1 saturated heterocycles. The van der Waals surface area contributed by atoms with Gasteiger partial charge in [0.15, 0.2) is 5.78 Å². The molecule has 0 saturated carbocycles. The van der Waals surface area contributed by atoms with Crippen LogP contribution in [0.15, 0.2) is 24.3 Å². The number of rotatable bonds is 1. The lowest BCUT2D eigenvalue weighted by atomic mass is 9.69. The summed E-state index contributed by atoms with van der Waals surface area (Å²) >= 11 is 0. The maximum absolute atomic E-state index is 13.1. The number of ether oxygens (including phenoxy) is 2. The summed E-state index contributed by atoms with van der Waals surface area (Å²) in [4.78, 5) is 27.3. The normalized spacial score (nSPS) is 29.1. The van der Waals surface area contributed by atoms with Crippen molar-refractivity contribution in [3.8, 4) is 5.75 Å². The summed E-state index contributed by atoms with van der Waals surface area (Å²) in [6.45, 7) is 9.48. The van der Waals surface area contributed by atoms with Gasteiger partial charge in [-0.1, -0.05) is 12.1 Å². The first-order valence-electron chi connectivity index (χ1n) is 9.54. The number of aliphatic hydroxyl groups is 1. The topological polar surface area (TPSA) is 76.1 Å². The van der Waals surface area contributed by atoms with E-state index in [-0.39, 0.29) is 17.9 Å². The number of amides is 1. The second-order valence-electron chi connectivity index (χ2n) is 8.72. The van der Waals surface area contributed by atoms with Crippen molar-refractivity contribution in [1.29, 1.82) is 0 Å². The van der Waals surface area contributed by atoms with E-state index in [2.05, 4.69) is 0 Å². The van der Waals surface area contributed by atoms with E-state index in [0.29, 0.717) is 30.7 Å². The van der Waals surface area contributed by atoms with Crippen molar-refractivity contribution < 1.29 is 24.2 Å². The summed E-state index contributed by atoms with van der Waals surface area (Å²) in [6.07, 6.45) is -0.277. The number of likely N-dealkylation sites (tertiary alicyclic amines) is 1. The molecule has 1 aromatic carbocycles. The van der Waals surface area contributed by atoms with Gasteiger partial charge in [-0.25, -0.2) is 4.79 Å². The first-order chi connectivity index (χ1) is 12.5. The number of carbonyl (C=O) groups is 2. The zero-order valence-corrected chi connectivity index (χ0v) is 16.7. The number of carbonyl (C=O) groups excluding carboxylic acids is 2. The number of hydrogen-bond acceptors (Lipinski definition) is 5. The molecule has 2 heterocycles. The molecule has 4 atom stereocenters. The van der Waals surface area contributed by atoms with Crippen molar-refractivity contribution in [3.05, 3.63) is 29.8 Å². The standard InChI is InChI=1S/C21H29NO5/c1-13-12-21(10-11-22(13)19(25)27-20(3,4)5)17(14(2)23)18(24)15-8-6-7-9-16(15)26-21/h6-9,13-14,17,23H,10-12H2,1-5H3/t13-,14?,17?,21+/m0/s1. The van der Waals surface area contributed by atoms with Gasteiger partial charge in [0.1, 0.15) is 17.0 Å². The second kappa shape index (κ2) is 6.82. The van der Waals surface area contributed by atoms with Gasteiger partial charge in [0.05, 0.1) is 17.6 Å². The molecule has 0 bridgehead atoms. The molecular formula is C21H29NO5. The molecule has 0 radical (unpaired) electrons. The van der Waals surface area contributed by atoms with E-state index in [0.717, 1.165) is 0 Å². The molecule has 6 nitrogen and oxygen atoms in total. The molecule has 1 amide bonds. The lowest BCUT2D eigenvalue weighted by Crippen LogP contribution is -2.62. The highest BCUT2D eigenvalue weighted by molar-refractivity contribution is 6.02. The minimum absolute atomic E-state index is 0.0928. The summed E-state index contributed by atoms with van der Waals surface area (Å²) in [5.41, 5.74) is -0.877. The number of ketones is 1. The molecule has 1 aromatic rings. The van der Waals surface area contributed by atoms with Crippen LogP contribution < -0.4 is 4.74 Å². The number of benzene rings is 1. The lowest BCUT2D eigenvalue weighted by Gasteiger charge is -2.51. The number of para-hydroxylation sites is 1. The van der Waals surface area contributed by atoms with Crippen molar-refractivity contribution in [3.63, 3.8) is 0 Å². The zero-order valence-electron chi connectivity index (χ0n) is 16.7. The molecule has 1 spiro atoms. The summed E-state index contributed by atoms with van der Waals surface area (Å²) in [6, 6.07) is 6.98. The minimum Gasteiger partial charge on any atom is -0.485 e. The number of nitrogens with zero attached hydrogens (tertiary/aromatic N) is 1. The number of aliphatic hydroxyl groups excluding tert-OH is 1. The Bertz CT molecular complexity index is 738. The Morgan fingerprint density at radius 1 is 1.37 bits per heavy atom. The Morgan fingerprint density at radius 3 is 2.63 bits per heavy atom. The van der Waals surface area contributed by atoms with E-state index >= 15 is 0 Å². The molecule has 148 valence electrons. The van der Waals surface area contributed by atoms with Crippen LogP contribution in [-0.2, 0) is 4.74 Å². The molecule has 2 aliphatic heterocycles. The van der Waals surface area contributed by atoms with Gasteiger partial charge in [-0.2, -0.15) is 0 Å². The van der Waals surface area contributed by atoms with E-state index in [1.807, 2.05) is 33.8 Å². The molecule has 0 aromatic heterocycles. The Kier molecular flexibility index (Phi) is 4.97. The smallest absolute Gasteiger partial charge is 0.410 e. The molecule has 1 N–H and O–H groups in total. The molecular weight excluding hydrogens is 346 g/mol. The largest absolute Gasteiger partial charge is 0.485 e. The van der Waals surface area contributed by atoms with E-state index in [9.17, 15) is 14.7 Å². The van der Waals surface area contributed by atoms with Gasteiger partial charge in [-0.05, 0) is 46.8 Å². The van der Waals surface area contributed by atoms with Crippen molar-refractivity contribution >= 4 is 11.9 Å². The third kappa shape index (κ3) is 3.68. The molecule has 6 heteroatoms. The van der Waals surface area contributed by atoms with Crippen LogP contribution in [-0.4, -0.2) is 51.8 Å². The van der Waals surface area contributed by atoms with Gasteiger partial charge in [-0.3, -0.25) is 4.79 Å². The molecule has 0 aliphatic carbocycles. The van der Waals surface area contributed by atoms with Gasteiger partial charge < -0.3 is 19.5 Å². The van der Waals surface area contributed by atoms with Crippen molar-refractivity contribution in [2.45, 2.75) is 70.8 Å². The highest BCUT2D eigenvalue weighted by atomic mass is 16.6. The lowest BCUT2D eigenvalue weighted by molar-refractivity contribution is -0.0888. The van der Waals surface area contributed by atoms with Crippen molar-refractivity contribution in [2.24, 2.45) is 5.92 Å². The average molecular weight is 375 g/mol. The van der Waals surface area contributed by atoms with Crippen molar-refractivity contribution in [1.82, 2.24) is 4.90 Å². The Morgan fingerprint density at radius 2 is 2.04 bits per heavy atom. The number of hydrogen-bond donors (Lipinski definition) is 1. The fourth-order valence-corrected chi connectivity index (χ4v) is 4.32. The quantitative estimate of drug-likeness (QED) is 0.814. The van der Waals surface area contributed by atoms with Crippen molar-refractivity contribution in [2.75, 3.05) is 6.54 Å². The summed E-state index contributed by atoms with van der Waals surface area (Å²) in [5, 5.41) is 10.4. The van der Waals surface area contributed by atoms with Gasteiger partial charge >= 0.3 is 6.09 Å². The highest BCUT2D eigenvalue weighted by Crippen LogP contribution is 2.45. The number of Topliss-reactive ketones (excluding diaryl/α,β-unsaturated/α-hetero) is 1. The highest BCUT2D eigenvalue weighted by Gasteiger charge is 2.55. The van der Waals surface area contributed by atoms with Crippen LogP contribution in [0.4, 0.5) is 4.79 Å². The first kappa shape index (κ1) is 19.7. The van der Waals surface area contributed by atoms with Crippen LogP contribution in [0, 0.1) is 5.92 Å². The minimum atomic E-state index is -0.842. The van der Waals surface area contributed by atoms with Crippen LogP contribution >= 0.6 is 0 Å². The van der Waals surface area contributed by atoms with Crippen LogP contribution in [0.1, 0.15) is 57.8 Å². The number of fused-ring (bicyclic) bond motifs is 1. The third-order valence-electron chi connectivity index (χ3n) is 5.37. The Labute approximate surface area is 160 Å².